The highest BCUT2D eigenvalue weighted by Gasteiger charge is 2.09. The lowest BCUT2D eigenvalue weighted by molar-refractivity contribution is 0.0923. The summed E-state index contributed by atoms with van der Waals surface area (Å²) in [7, 11) is 0. The fourth-order valence-electron chi connectivity index (χ4n) is 1.16. The Morgan fingerprint density at radius 3 is 2.88 bits per heavy atom. The summed E-state index contributed by atoms with van der Waals surface area (Å²) in [5, 5.41) is 3.49. The average molecular weight is 416 g/mol. The van der Waals surface area contributed by atoms with E-state index >= 15 is 0 Å². The Morgan fingerprint density at radius 1 is 1.47 bits per heavy atom. The predicted molar refractivity (Wildman–Crippen MR) is 76.1 cm³/mol. The molecule has 1 aromatic carbocycles. The highest BCUT2D eigenvalue weighted by Crippen LogP contribution is 2.13. The number of carbonyl (C=O) groups excluding carboxylic acids is 1. The first-order valence-corrected chi connectivity index (χ1v) is 7.22. The van der Waals surface area contributed by atoms with Gasteiger partial charge in [0, 0.05) is 15.4 Å². The minimum Gasteiger partial charge on any atom is -0.379 e. The normalized spacial score (nSPS) is 10.3. The van der Waals surface area contributed by atoms with E-state index in [9.17, 15) is 9.18 Å². The molecule has 1 amide bonds. The molecule has 0 saturated carbocycles. The summed E-state index contributed by atoms with van der Waals surface area (Å²) in [6.45, 7) is 1.53. The summed E-state index contributed by atoms with van der Waals surface area (Å²) in [5.41, 5.74) is 0.479. The fraction of sp³-hybridized carbons (Fsp3) is 0.364. The van der Waals surface area contributed by atoms with E-state index in [4.69, 9.17) is 4.74 Å². The molecule has 0 aliphatic carbocycles. The minimum absolute atomic E-state index is 0.211. The molecule has 1 aromatic rings. The fourth-order valence-corrected chi connectivity index (χ4v) is 2.11. The topological polar surface area (TPSA) is 38.3 Å². The van der Waals surface area contributed by atoms with Crippen molar-refractivity contribution in [2.45, 2.75) is 0 Å². The molecule has 1 N–H and O–H groups in total. The average Bonchev–Trinajstić information content (AvgIpc) is 2.28. The second-order valence-corrected chi connectivity index (χ2v) is 5.14. The maximum Gasteiger partial charge on any atom is 0.252 e. The van der Waals surface area contributed by atoms with Crippen molar-refractivity contribution in [1.82, 2.24) is 5.32 Å². The molecule has 0 aromatic heterocycles. The first-order valence-electron chi connectivity index (χ1n) is 5.02. The third-order valence-corrected chi connectivity index (χ3v) is 3.15. The van der Waals surface area contributed by atoms with E-state index in [2.05, 4.69) is 21.2 Å². The maximum absolute atomic E-state index is 12.8. The zero-order valence-corrected chi connectivity index (χ0v) is 12.8. The van der Waals surface area contributed by atoms with Crippen LogP contribution in [0.5, 0.6) is 0 Å². The molecule has 0 bridgehead atoms. The van der Waals surface area contributed by atoms with Gasteiger partial charge in [-0.2, -0.15) is 0 Å². The van der Waals surface area contributed by atoms with Gasteiger partial charge in [0.15, 0.2) is 0 Å². The first kappa shape index (κ1) is 14.8. The molecule has 0 unspecified atom stereocenters. The molecular formula is C11H12BrFINO2. The van der Waals surface area contributed by atoms with Crippen molar-refractivity contribution < 1.29 is 13.9 Å². The molecule has 0 atom stereocenters. The van der Waals surface area contributed by atoms with E-state index in [1.54, 1.807) is 0 Å². The van der Waals surface area contributed by atoms with Crippen molar-refractivity contribution in [2.24, 2.45) is 0 Å². The lowest BCUT2D eigenvalue weighted by Gasteiger charge is -2.07. The van der Waals surface area contributed by atoms with E-state index in [-0.39, 0.29) is 11.7 Å². The van der Waals surface area contributed by atoms with Crippen LogP contribution in [0.4, 0.5) is 4.39 Å². The van der Waals surface area contributed by atoms with Crippen LogP contribution in [0.15, 0.2) is 18.2 Å². The summed E-state index contributed by atoms with van der Waals surface area (Å²) in [6, 6.07) is 4.08. The predicted octanol–water partition coefficient (Wildman–Crippen LogP) is 2.57. The monoisotopic (exact) mass is 415 g/mol. The Hall–Kier alpha value is -0.210. The van der Waals surface area contributed by atoms with Crippen LogP contribution in [-0.4, -0.2) is 31.0 Å². The zero-order chi connectivity index (χ0) is 12.7. The van der Waals surface area contributed by atoms with Crippen LogP contribution in [0.1, 0.15) is 10.4 Å². The van der Waals surface area contributed by atoms with Gasteiger partial charge in [-0.05, 0) is 40.8 Å². The smallest absolute Gasteiger partial charge is 0.252 e. The summed E-state index contributed by atoms with van der Waals surface area (Å²) in [5.74, 6) is -0.552. The van der Waals surface area contributed by atoms with Crippen LogP contribution in [0, 0.1) is 9.39 Å². The van der Waals surface area contributed by atoms with Crippen LogP contribution in [0.25, 0.3) is 0 Å². The van der Waals surface area contributed by atoms with Gasteiger partial charge in [-0.25, -0.2) is 4.39 Å². The van der Waals surface area contributed by atoms with Crippen molar-refractivity contribution in [1.29, 1.82) is 0 Å². The molecule has 17 heavy (non-hydrogen) atoms. The summed E-state index contributed by atoms with van der Waals surface area (Å²) in [6.07, 6.45) is 0. The van der Waals surface area contributed by atoms with Gasteiger partial charge < -0.3 is 10.1 Å². The molecule has 0 saturated heterocycles. The minimum atomic E-state index is -0.341. The number of carbonyl (C=O) groups is 1. The number of benzene rings is 1. The molecule has 0 radical (unpaired) electrons. The number of nitrogens with one attached hydrogen (secondary N) is 1. The van der Waals surface area contributed by atoms with Crippen molar-refractivity contribution >= 4 is 44.4 Å². The standard InChI is InChI=1S/C11H12BrFINO2/c12-3-5-17-6-4-15-11(16)9-2-1-8(13)7-10(9)14/h1-2,7H,3-6H2,(H,15,16). The highest BCUT2D eigenvalue weighted by atomic mass is 127. The third kappa shape index (κ3) is 5.31. The summed E-state index contributed by atoms with van der Waals surface area (Å²) < 4.78 is 18.6. The second kappa shape index (κ2) is 7.99. The lowest BCUT2D eigenvalue weighted by atomic mass is 10.2. The number of halogens is 3. The molecule has 0 spiro atoms. The van der Waals surface area contributed by atoms with Gasteiger partial charge in [-0.3, -0.25) is 4.79 Å². The van der Waals surface area contributed by atoms with Crippen molar-refractivity contribution in [3.8, 4) is 0 Å². The number of amides is 1. The number of hydrogen-bond donors (Lipinski definition) is 1. The Labute approximate surface area is 121 Å². The molecular weight excluding hydrogens is 404 g/mol. The number of alkyl halides is 1. The lowest BCUT2D eigenvalue weighted by Crippen LogP contribution is -2.28. The van der Waals surface area contributed by atoms with Crippen LogP contribution in [-0.2, 0) is 4.74 Å². The number of rotatable bonds is 6. The zero-order valence-electron chi connectivity index (χ0n) is 9.01. The summed E-state index contributed by atoms with van der Waals surface area (Å²) in [4.78, 5) is 11.7. The van der Waals surface area contributed by atoms with Crippen molar-refractivity contribution in [3.05, 3.63) is 33.1 Å². The van der Waals surface area contributed by atoms with E-state index in [1.807, 2.05) is 22.6 Å². The molecule has 3 nitrogen and oxygen atoms in total. The first-order chi connectivity index (χ1) is 8.15. The van der Waals surface area contributed by atoms with E-state index in [0.29, 0.717) is 28.9 Å². The van der Waals surface area contributed by atoms with Gasteiger partial charge in [0.25, 0.3) is 5.91 Å². The van der Waals surface area contributed by atoms with Gasteiger partial charge in [0.05, 0.1) is 18.8 Å². The van der Waals surface area contributed by atoms with Gasteiger partial charge in [-0.15, -0.1) is 0 Å². The maximum atomic E-state index is 12.8. The molecule has 94 valence electrons. The van der Waals surface area contributed by atoms with Crippen LogP contribution in [0.3, 0.4) is 0 Å². The van der Waals surface area contributed by atoms with Gasteiger partial charge in [0.1, 0.15) is 5.82 Å². The Balaban J connectivity index is 2.42. The van der Waals surface area contributed by atoms with Gasteiger partial charge in [-0.1, -0.05) is 15.9 Å². The van der Waals surface area contributed by atoms with Crippen LogP contribution in [0.2, 0.25) is 0 Å². The molecule has 0 aliphatic rings. The molecule has 0 heterocycles. The van der Waals surface area contributed by atoms with Gasteiger partial charge in [0.2, 0.25) is 0 Å². The van der Waals surface area contributed by atoms with Crippen LogP contribution < -0.4 is 5.32 Å². The Bertz CT molecular complexity index is 390. The molecule has 6 heteroatoms. The Morgan fingerprint density at radius 2 is 2.24 bits per heavy atom. The highest BCUT2D eigenvalue weighted by molar-refractivity contribution is 14.1. The van der Waals surface area contributed by atoms with Crippen molar-refractivity contribution in [3.63, 3.8) is 0 Å². The van der Waals surface area contributed by atoms with Crippen LogP contribution >= 0.6 is 38.5 Å². The Kier molecular flexibility index (Phi) is 6.98. The van der Waals surface area contributed by atoms with E-state index in [1.165, 1.54) is 18.2 Å². The van der Waals surface area contributed by atoms with Crippen molar-refractivity contribution in [2.75, 3.05) is 25.1 Å². The SMILES string of the molecule is O=C(NCCOCCBr)c1ccc(F)cc1I. The van der Waals surface area contributed by atoms with Gasteiger partial charge >= 0.3 is 0 Å². The quantitative estimate of drug-likeness (QED) is 0.440. The number of ether oxygens (including phenoxy) is 1. The molecule has 0 fully saturated rings. The summed E-state index contributed by atoms with van der Waals surface area (Å²) >= 11 is 5.17. The van der Waals surface area contributed by atoms with E-state index < -0.39 is 0 Å². The second-order valence-electron chi connectivity index (χ2n) is 3.18. The molecule has 0 aliphatic heterocycles. The largest absolute Gasteiger partial charge is 0.379 e. The third-order valence-electron chi connectivity index (χ3n) is 1.93. The number of hydrogen-bond acceptors (Lipinski definition) is 2. The van der Waals surface area contributed by atoms with E-state index in [0.717, 1.165) is 5.33 Å². The molecule has 1 rings (SSSR count).